The normalized spacial score (nSPS) is 10.4. The van der Waals surface area contributed by atoms with Crippen LogP contribution in [-0.4, -0.2) is 42.6 Å². The maximum Gasteiger partial charge on any atom is 0.311 e. The Bertz CT molecular complexity index is 757. The Morgan fingerprint density at radius 1 is 0.630 bits per heavy atom. The molecule has 0 saturated heterocycles. The van der Waals surface area contributed by atoms with E-state index in [9.17, 15) is 30.0 Å². The molecule has 144 valence electrons. The number of rotatable bonds is 6. The molecule has 0 aliphatic carbocycles. The van der Waals surface area contributed by atoms with Crippen molar-refractivity contribution in [1.82, 2.24) is 0 Å². The first kappa shape index (κ1) is 19.5. The molecule has 0 amide bonds. The van der Waals surface area contributed by atoms with Crippen molar-refractivity contribution in [2.75, 3.05) is 0 Å². The van der Waals surface area contributed by atoms with E-state index in [0.29, 0.717) is 0 Å². The number of phenolic OH excluding ortho intramolecular Hbond substituents is 6. The number of carbonyl (C=O) groups is 2. The Morgan fingerprint density at radius 3 is 1.22 bits per heavy atom. The van der Waals surface area contributed by atoms with Crippen molar-refractivity contribution >= 4 is 11.9 Å². The molecule has 2 rings (SSSR count). The number of benzene rings is 2. The molecule has 10 nitrogen and oxygen atoms in total. The lowest BCUT2D eigenvalue weighted by molar-refractivity contribution is -0.136. The van der Waals surface area contributed by atoms with Crippen LogP contribution in [0.5, 0.6) is 46.0 Å². The van der Waals surface area contributed by atoms with Gasteiger partial charge in [-0.05, 0) is 6.42 Å². The van der Waals surface area contributed by atoms with Gasteiger partial charge >= 0.3 is 11.9 Å². The predicted molar refractivity (Wildman–Crippen MR) is 88.0 cm³/mol. The predicted octanol–water partition coefficient (Wildman–Crippen LogP) is 1.60. The summed E-state index contributed by atoms with van der Waals surface area (Å²) in [5, 5.41) is 56.5. The zero-order chi connectivity index (χ0) is 20.1. The van der Waals surface area contributed by atoms with Gasteiger partial charge in [-0.2, -0.15) is 0 Å². The summed E-state index contributed by atoms with van der Waals surface area (Å²) in [5.74, 6) is -6.20. The van der Waals surface area contributed by atoms with Crippen molar-refractivity contribution < 1.29 is 49.7 Å². The zero-order valence-electron chi connectivity index (χ0n) is 13.7. The molecule has 0 fully saturated rings. The van der Waals surface area contributed by atoms with Gasteiger partial charge < -0.3 is 40.1 Å². The summed E-state index contributed by atoms with van der Waals surface area (Å²) < 4.78 is 9.54. The third-order valence-corrected chi connectivity index (χ3v) is 3.26. The molecule has 2 aromatic rings. The summed E-state index contributed by atoms with van der Waals surface area (Å²) in [6.45, 7) is 0. The summed E-state index contributed by atoms with van der Waals surface area (Å²) in [4.78, 5) is 23.4. The Hall–Kier alpha value is -3.82. The largest absolute Gasteiger partial charge is 0.508 e. The average molecular weight is 380 g/mol. The van der Waals surface area contributed by atoms with Gasteiger partial charge in [0.05, 0.1) is 0 Å². The Morgan fingerprint density at radius 2 is 0.926 bits per heavy atom. The second-order valence-corrected chi connectivity index (χ2v) is 5.43. The van der Waals surface area contributed by atoms with Gasteiger partial charge in [0.25, 0.3) is 0 Å². The van der Waals surface area contributed by atoms with E-state index in [4.69, 9.17) is 19.7 Å². The second-order valence-electron chi connectivity index (χ2n) is 5.43. The van der Waals surface area contributed by atoms with Crippen LogP contribution in [0.15, 0.2) is 24.3 Å². The van der Waals surface area contributed by atoms with Gasteiger partial charge in [0.2, 0.25) is 11.5 Å². The van der Waals surface area contributed by atoms with E-state index in [1.807, 2.05) is 0 Å². The molecule has 10 heteroatoms. The lowest BCUT2D eigenvalue weighted by Gasteiger charge is -2.09. The molecule has 0 aromatic heterocycles. The summed E-state index contributed by atoms with van der Waals surface area (Å²) in [6, 6.07) is 3.49. The lowest BCUT2D eigenvalue weighted by Crippen LogP contribution is -2.12. The van der Waals surface area contributed by atoms with Crippen molar-refractivity contribution in [3.05, 3.63) is 24.3 Å². The number of aromatic hydroxyl groups is 6. The number of hydrogen-bond donors (Lipinski definition) is 6. The summed E-state index contributed by atoms with van der Waals surface area (Å²) in [6.07, 6.45) is -0.582. The highest BCUT2D eigenvalue weighted by atomic mass is 16.6. The van der Waals surface area contributed by atoms with E-state index in [2.05, 4.69) is 0 Å². The van der Waals surface area contributed by atoms with Gasteiger partial charge in [-0.15, -0.1) is 0 Å². The van der Waals surface area contributed by atoms with Crippen LogP contribution >= 0.6 is 0 Å². The Balaban J connectivity index is 1.86. The summed E-state index contributed by atoms with van der Waals surface area (Å²) in [7, 11) is 0. The molecule has 0 heterocycles. The molecule has 0 aliphatic rings. The fraction of sp³-hybridized carbons (Fsp3) is 0.176. The summed E-state index contributed by atoms with van der Waals surface area (Å²) >= 11 is 0. The van der Waals surface area contributed by atoms with Crippen LogP contribution in [0.2, 0.25) is 0 Å². The first-order valence-corrected chi connectivity index (χ1v) is 7.58. The maximum atomic E-state index is 11.7. The fourth-order valence-corrected chi connectivity index (χ4v) is 2.08. The number of hydrogen-bond acceptors (Lipinski definition) is 10. The van der Waals surface area contributed by atoms with Crippen molar-refractivity contribution in [3.63, 3.8) is 0 Å². The standard InChI is InChI=1S/C17H16O10/c18-8-4-10(20)16(11(21)5-8)26-14(24)2-1-3-15(25)27-17-12(22)6-9(19)7-13(17)23/h4-7,18-23H,1-3H2. The van der Waals surface area contributed by atoms with E-state index >= 15 is 0 Å². The fourth-order valence-electron chi connectivity index (χ4n) is 2.08. The third kappa shape index (κ3) is 5.08. The first-order chi connectivity index (χ1) is 12.7. The van der Waals surface area contributed by atoms with Crippen LogP contribution in [0.1, 0.15) is 19.3 Å². The molecule has 0 spiro atoms. The van der Waals surface area contributed by atoms with E-state index in [1.165, 1.54) is 0 Å². The number of phenols is 6. The van der Waals surface area contributed by atoms with Gasteiger partial charge in [-0.3, -0.25) is 9.59 Å². The number of ether oxygens (including phenoxy) is 2. The highest BCUT2D eigenvalue weighted by molar-refractivity contribution is 5.77. The molecule has 2 aromatic carbocycles. The summed E-state index contributed by atoms with van der Waals surface area (Å²) in [5.41, 5.74) is 0. The molecule has 27 heavy (non-hydrogen) atoms. The SMILES string of the molecule is O=C(CCCC(=O)Oc1c(O)cc(O)cc1O)Oc1c(O)cc(O)cc1O. The highest BCUT2D eigenvalue weighted by Gasteiger charge is 2.18. The third-order valence-electron chi connectivity index (χ3n) is 3.26. The van der Waals surface area contributed by atoms with E-state index < -0.39 is 57.9 Å². The van der Waals surface area contributed by atoms with E-state index in [0.717, 1.165) is 24.3 Å². The van der Waals surface area contributed by atoms with Gasteiger partial charge in [0.15, 0.2) is 23.0 Å². The van der Waals surface area contributed by atoms with E-state index in [-0.39, 0.29) is 19.3 Å². The van der Waals surface area contributed by atoms with Crippen LogP contribution < -0.4 is 9.47 Å². The van der Waals surface area contributed by atoms with E-state index in [1.54, 1.807) is 0 Å². The monoisotopic (exact) mass is 380 g/mol. The Labute approximate surface area is 152 Å². The molecular formula is C17H16O10. The second kappa shape index (κ2) is 8.04. The van der Waals surface area contributed by atoms with Crippen molar-refractivity contribution in [2.45, 2.75) is 19.3 Å². The molecule has 0 unspecified atom stereocenters. The number of carbonyl (C=O) groups excluding carboxylic acids is 2. The smallest absolute Gasteiger partial charge is 0.311 e. The molecule has 0 saturated carbocycles. The minimum Gasteiger partial charge on any atom is -0.508 e. The molecule has 6 N–H and O–H groups in total. The van der Waals surface area contributed by atoms with Gasteiger partial charge in [0.1, 0.15) is 11.5 Å². The first-order valence-electron chi connectivity index (χ1n) is 7.58. The minimum atomic E-state index is -0.866. The van der Waals surface area contributed by atoms with Crippen molar-refractivity contribution in [2.24, 2.45) is 0 Å². The lowest BCUT2D eigenvalue weighted by atomic mass is 10.2. The van der Waals surface area contributed by atoms with Crippen molar-refractivity contribution in [3.8, 4) is 46.0 Å². The Kier molecular flexibility index (Phi) is 5.81. The maximum absolute atomic E-state index is 11.7. The average Bonchev–Trinajstić information content (AvgIpc) is 2.54. The van der Waals surface area contributed by atoms with Crippen molar-refractivity contribution in [1.29, 1.82) is 0 Å². The molecule has 0 radical (unpaired) electrons. The van der Waals surface area contributed by atoms with Crippen LogP contribution in [-0.2, 0) is 9.59 Å². The van der Waals surface area contributed by atoms with Crippen LogP contribution in [0, 0.1) is 0 Å². The molecule has 0 aliphatic heterocycles. The highest BCUT2D eigenvalue weighted by Crippen LogP contribution is 2.40. The molecular weight excluding hydrogens is 364 g/mol. The number of esters is 2. The van der Waals surface area contributed by atoms with Crippen LogP contribution in [0.4, 0.5) is 0 Å². The topological polar surface area (TPSA) is 174 Å². The van der Waals surface area contributed by atoms with Gasteiger partial charge in [-0.1, -0.05) is 0 Å². The van der Waals surface area contributed by atoms with Gasteiger partial charge in [-0.25, -0.2) is 0 Å². The van der Waals surface area contributed by atoms with Gasteiger partial charge in [0, 0.05) is 37.1 Å². The van der Waals surface area contributed by atoms with Crippen LogP contribution in [0.25, 0.3) is 0 Å². The minimum absolute atomic E-state index is 0.0309. The quantitative estimate of drug-likeness (QED) is 0.319. The zero-order valence-corrected chi connectivity index (χ0v) is 13.7. The molecule has 0 bridgehead atoms. The molecule has 0 atom stereocenters. The van der Waals surface area contributed by atoms with Crippen LogP contribution in [0.3, 0.4) is 0 Å².